The highest BCUT2D eigenvalue weighted by atomic mass is 16.4. The molecule has 0 radical (unpaired) electrons. The third-order valence-electron chi connectivity index (χ3n) is 6.05. The number of amides is 2. The van der Waals surface area contributed by atoms with Crippen molar-refractivity contribution >= 4 is 18.9 Å². The molecule has 0 bridgehead atoms. The second kappa shape index (κ2) is 11.3. The van der Waals surface area contributed by atoms with Gasteiger partial charge in [-0.2, -0.15) is 0 Å². The molecule has 0 unspecified atom stereocenters. The molecule has 1 aliphatic rings. The largest absolute Gasteiger partial charge is 0.475 e. The van der Waals surface area contributed by atoms with E-state index in [-0.39, 0.29) is 17.7 Å². The molecule has 0 spiro atoms. The lowest BCUT2D eigenvalue weighted by molar-refractivity contribution is -0.131. The summed E-state index contributed by atoms with van der Waals surface area (Å²) in [6.45, 7) is 3.90. The van der Waals surface area contributed by atoms with E-state index in [4.69, 9.17) is 0 Å². The fraction of sp³-hybridized carbons (Fsp3) is 0.440. The first-order valence-electron chi connectivity index (χ1n) is 11.4. The summed E-state index contributed by atoms with van der Waals surface area (Å²) in [5, 5.41) is 25.1. The summed E-state index contributed by atoms with van der Waals surface area (Å²) in [4.78, 5) is 26.2. The first-order chi connectivity index (χ1) is 15.3. The average Bonchev–Trinajstić information content (AvgIpc) is 2.78. The molecule has 3 atom stereocenters. The number of carbonyl (C=O) groups excluding carboxylic acids is 2. The van der Waals surface area contributed by atoms with Crippen molar-refractivity contribution in [2.75, 3.05) is 0 Å². The van der Waals surface area contributed by atoms with Gasteiger partial charge in [0.25, 0.3) is 0 Å². The Hall–Kier alpha value is -2.64. The summed E-state index contributed by atoms with van der Waals surface area (Å²) in [5.74, 6) is -1.35. The fourth-order valence-electron chi connectivity index (χ4n) is 4.32. The molecule has 0 aliphatic heterocycles. The minimum atomic E-state index is -1.66. The van der Waals surface area contributed by atoms with E-state index in [1.165, 1.54) is 11.1 Å². The van der Waals surface area contributed by atoms with E-state index in [1.807, 2.05) is 56.3 Å². The lowest BCUT2D eigenvalue weighted by Gasteiger charge is -2.28. The van der Waals surface area contributed by atoms with E-state index in [1.54, 1.807) is 0 Å². The predicted octanol–water partition coefficient (Wildman–Crippen LogP) is 2.06. The molecule has 2 aromatic rings. The SMILES string of the molecule is CC(C)C[C@H](NC(=O)[C@H](Cc1ccccc1)NC(=O)[C@H]1CCc2ccccc2C1)B(O)O. The quantitative estimate of drug-likeness (QED) is 0.453. The van der Waals surface area contributed by atoms with Crippen LogP contribution in [0.1, 0.15) is 43.4 Å². The van der Waals surface area contributed by atoms with Gasteiger partial charge >= 0.3 is 7.12 Å². The van der Waals surface area contributed by atoms with Gasteiger partial charge in [-0.3, -0.25) is 9.59 Å². The Labute approximate surface area is 190 Å². The molecule has 2 aromatic carbocycles. The van der Waals surface area contributed by atoms with Crippen LogP contribution >= 0.6 is 0 Å². The van der Waals surface area contributed by atoms with Gasteiger partial charge in [0.1, 0.15) is 6.04 Å². The summed E-state index contributed by atoms with van der Waals surface area (Å²) in [5.41, 5.74) is 3.39. The molecule has 2 amide bonds. The molecular formula is C25H33BN2O4. The van der Waals surface area contributed by atoms with E-state index < -0.39 is 25.0 Å². The van der Waals surface area contributed by atoms with Crippen molar-refractivity contribution in [1.29, 1.82) is 0 Å². The van der Waals surface area contributed by atoms with Gasteiger partial charge in [-0.15, -0.1) is 0 Å². The van der Waals surface area contributed by atoms with E-state index in [0.29, 0.717) is 19.3 Å². The molecule has 0 fully saturated rings. The van der Waals surface area contributed by atoms with Gasteiger partial charge < -0.3 is 20.7 Å². The molecule has 0 aromatic heterocycles. The minimum Gasteiger partial charge on any atom is -0.426 e. The fourth-order valence-corrected chi connectivity index (χ4v) is 4.32. The van der Waals surface area contributed by atoms with Crippen molar-refractivity contribution in [2.24, 2.45) is 11.8 Å². The maximum atomic E-state index is 13.1. The Balaban J connectivity index is 1.72. The van der Waals surface area contributed by atoms with Gasteiger partial charge in [0, 0.05) is 12.3 Å². The van der Waals surface area contributed by atoms with Gasteiger partial charge in [0.15, 0.2) is 0 Å². The second-order valence-corrected chi connectivity index (χ2v) is 9.12. The topological polar surface area (TPSA) is 98.7 Å². The highest BCUT2D eigenvalue weighted by Gasteiger charge is 2.32. The molecular weight excluding hydrogens is 403 g/mol. The summed E-state index contributed by atoms with van der Waals surface area (Å²) in [6, 6.07) is 16.9. The zero-order valence-electron chi connectivity index (χ0n) is 18.8. The highest BCUT2D eigenvalue weighted by Crippen LogP contribution is 2.25. The van der Waals surface area contributed by atoms with Crippen LogP contribution in [0, 0.1) is 11.8 Å². The van der Waals surface area contributed by atoms with Crippen molar-refractivity contribution in [3.8, 4) is 0 Å². The maximum Gasteiger partial charge on any atom is 0.475 e. The number of nitrogens with one attached hydrogen (secondary N) is 2. The Kier molecular flexibility index (Phi) is 8.48. The molecule has 170 valence electrons. The molecule has 7 heteroatoms. The number of fused-ring (bicyclic) bond motifs is 1. The minimum absolute atomic E-state index is 0.138. The van der Waals surface area contributed by atoms with Crippen LogP contribution in [0.2, 0.25) is 0 Å². The molecule has 0 heterocycles. The van der Waals surface area contributed by atoms with Gasteiger partial charge in [-0.1, -0.05) is 68.4 Å². The van der Waals surface area contributed by atoms with Crippen molar-refractivity contribution in [1.82, 2.24) is 10.6 Å². The molecule has 3 rings (SSSR count). The van der Waals surface area contributed by atoms with Crippen LogP contribution in [0.15, 0.2) is 54.6 Å². The number of aryl methyl sites for hydroxylation is 1. The van der Waals surface area contributed by atoms with E-state index in [0.717, 1.165) is 18.4 Å². The predicted molar refractivity (Wildman–Crippen MR) is 126 cm³/mol. The number of hydrogen-bond acceptors (Lipinski definition) is 4. The lowest BCUT2D eigenvalue weighted by Crippen LogP contribution is -2.55. The normalized spacial score (nSPS) is 17.2. The highest BCUT2D eigenvalue weighted by molar-refractivity contribution is 6.43. The van der Waals surface area contributed by atoms with Gasteiger partial charge in [-0.05, 0) is 48.3 Å². The van der Waals surface area contributed by atoms with E-state index >= 15 is 0 Å². The van der Waals surface area contributed by atoms with E-state index in [2.05, 4.69) is 22.8 Å². The zero-order chi connectivity index (χ0) is 23.1. The Morgan fingerprint density at radius 2 is 1.66 bits per heavy atom. The monoisotopic (exact) mass is 436 g/mol. The third-order valence-corrected chi connectivity index (χ3v) is 6.05. The average molecular weight is 436 g/mol. The Morgan fingerprint density at radius 3 is 2.31 bits per heavy atom. The van der Waals surface area contributed by atoms with Crippen molar-refractivity contribution in [3.05, 3.63) is 71.3 Å². The van der Waals surface area contributed by atoms with Crippen LogP contribution in [0.5, 0.6) is 0 Å². The Bertz CT molecular complexity index is 904. The first-order valence-corrected chi connectivity index (χ1v) is 11.4. The van der Waals surface area contributed by atoms with E-state index in [9.17, 15) is 19.6 Å². The van der Waals surface area contributed by atoms with Crippen LogP contribution in [0.25, 0.3) is 0 Å². The smallest absolute Gasteiger partial charge is 0.426 e. The lowest BCUT2D eigenvalue weighted by atomic mass is 9.75. The van der Waals surface area contributed by atoms with Crippen LogP contribution in [-0.4, -0.2) is 41.0 Å². The van der Waals surface area contributed by atoms with Crippen molar-refractivity contribution in [2.45, 2.75) is 57.9 Å². The zero-order valence-corrected chi connectivity index (χ0v) is 18.8. The molecule has 4 N–H and O–H groups in total. The van der Waals surface area contributed by atoms with Crippen LogP contribution in [-0.2, 0) is 28.9 Å². The summed E-state index contributed by atoms with van der Waals surface area (Å²) in [6.07, 6.45) is 3.00. The van der Waals surface area contributed by atoms with Crippen LogP contribution in [0.3, 0.4) is 0 Å². The second-order valence-electron chi connectivity index (χ2n) is 9.12. The van der Waals surface area contributed by atoms with Gasteiger partial charge in [0.2, 0.25) is 11.8 Å². The number of rotatable bonds is 9. The first kappa shape index (κ1) is 24.0. The maximum absolute atomic E-state index is 13.1. The van der Waals surface area contributed by atoms with Gasteiger partial charge in [-0.25, -0.2) is 0 Å². The third kappa shape index (κ3) is 6.68. The number of carbonyl (C=O) groups is 2. The molecule has 32 heavy (non-hydrogen) atoms. The summed E-state index contributed by atoms with van der Waals surface area (Å²) < 4.78 is 0. The summed E-state index contributed by atoms with van der Waals surface area (Å²) >= 11 is 0. The van der Waals surface area contributed by atoms with Gasteiger partial charge in [0.05, 0.1) is 5.94 Å². The molecule has 1 aliphatic carbocycles. The molecule has 0 saturated heterocycles. The van der Waals surface area contributed by atoms with Crippen molar-refractivity contribution in [3.63, 3.8) is 0 Å². The molecule has 0 saturated carbocycles. The Morgan fingerprint density at radius 1 is 1.00 bits per heavy atom. The number of hydrogen-bond donors (Lipinski definition) is 4. The summed E-state index contributed by atoms with van der Waals surface area (Å²) in [7, 11) is -1.66. The van der Waals surface area contributed by atoms with Crippen molar-refractivity contribution < 1.29 is 19.6 Å². The molecule has 6 nitrogen and oxygen atoms in total. The van der Waals surface area contributed by atoms with Crippen LogP contribution in [0.4, 0.5) is 0 Å². The number of benzene rings is 2. The standard InChI is InChI=1S/C25H33BN2O4/c1-17(2)14-23(26(31)32)28-25(30)22(15-18-8-4-3-5-9-18)27-24(29)21-13-12-19-10-6-7-11-20(19)16-21/h3-11,17,21-23,31-32H,12-16H2,1-2H3,(H,27,29)(H,28,30)/t21-,22-,23-/m0/s1. The van der Waals surface area contributed by atoms with Crippen LogP contribution < -0.4 is 10.6 Å².